The molecule has 0 fully saturated rings. The van der Waals surface area contributed by atoms with Crippen molar-refractivity contribution < 1.29 is 14.3 Å². The lowest BCUT2D eigenvalue weighted by Gasteiger charge is -2.07. The van der Waals surface area contributed by atoms with Crippen LogP contribution in [0.25, 0.3) is 0 Å². The van der Waals surface area contributed by atoms with E-state index in [2.05, 4.69) is 47.8 Å². The average Bonchev–Trinajstić information content (AvgIpc) is 2.35. The molecular weight excluding hydrogens is 432 g/mol. The highest BCUT2D eigenvalue weighted by atomic mass is 79.9. The molecule has 3 nitrogen and oxygen atoms in total. The van der Waals surface area contributed by atoms with Crippen LogP contribution < -0.4 is 4.74 Å². The van der Waals surface area contributed by atoms with Crippen molar-refractivity contribution in [2.24, 2.45) is 0 Å². The number of esters is 1. The zero-order valence-electron chi connectivity index (χ0n) is 9.80. The maximum absolute atomic E-state index is 11.4. The Morgan fingerprint density at radius 1 is 1.28 bits per heavy atom. The van der Waals surface area contributed by atoms with Crippen LogP contribution in [0, 0.1) is 0 Å². The molecule has 0 N–H and O–H groups in total. The maximum atomic E-state index is 11.4. The van der Waals surface area contributed by atoms with Crippen molar-refractivity contribution in [2.45, 2.75) is 13.8 Å². The van der Waals surface area contributed by atoms with Crippen LogP contribution in [-0.2, 0) is 9.53 Å². The number of carbonyl (C=O) groups is 1. The van der Waals surface area contributed by atoms with E-state index in [4.69, 9.17) is 9.47 Å². The first-order valence-corrected chi connectivity index (χ1v) is 7.49. The van der Waals surface area contributed by atoms with Crippen molar-refractivity contribution in [3.05, 3.63) is 37.4 Å². The molecule has 0 amide bonds. The van der Waals surface area contributed by atoms with Gasteiger partial charge in [-0.15, -0.1) is 0 Å². The van der Waals surface area contributed by atoms with Gasteiger partial charge in [-0.2, -0.15) is 0 Å². The van der Waals surface area contributed by atoms with Gasteiger partial charge in [0.2, 0.25) is 0 Å². The Morgan fingerprint density at radius 3 is 2.56 bits per heavy atom. The standard InChI is InChI=1S/C12H11Br3O3/c1-3-17-12(16)7(2)6-18-9-5-4-8(13)10(14)11(9)15/h4-6H,3H2,1-2H3/b7-6+. The van der Waals surface area contributed by atoms with Gasteiger partial charge < -0.3 is 9.47 Å². The minimum atomic E-state index is -0.384. The van der Waals surface area contributed by atoms with Gasteiger partial charge in [0.25, 0.3) is 0 Å². The van der Waals surface area contributed by atoms with Crippen molar-refractivity contribution in [2.75, 3.05) is 6.61 Å². The van der Waals surface area contributed by atoms with Gasteiger partial charge in [0.1, 0.15) is 12.0 Å². The highest BCUT2D eigenvalue weighted by molar-refractivity contribution is 9.14. The van der Waals surface area contributed by atoms with Crippen molar-refractivity contribution in [1.82, 2.24) is 0 Å². The summed E-state index contributed by atoms with van der Waals surface area (Å²) >= 11 is 10.2. The Hall–Kier alpha value is -0.330. The van der Waals surface area contributed by atoms with E-state index >= 15 is 0 Å². The smallest absolute Gasteiger partial charge is 0.336 e. The first-order chi connectivity index (χ1) is 8.47. The number of ether oxygens (including phenoxy) is 2. The van der Waals surface area contributed by atoms with Crippen LogP contribution in [0.3, 0.4) is 0 Å². The Balaban J connectivity index is 2.83. The van der Waals surface area contributed by atoms with Gasteiger partial charge >= 0.3 is 5.97 Å². The van der Waals surface area contributed by atoms with Gasteiger partial charge in [-0.25, -0.2) is 4.79 Å². The summed E-state index contributed by atoms with van der Waals surface area (Å²) in [6.45, 7) is 3.74. The first-order valence-electron chi connectivity index (χ1n) is 5.11. The van der Waals surface area contributed by atoms with E-state index in [0.29, 0.717) is 17.9 Å². The number of hydrogen-bond acceptors (Lipinski definition) is 3. The third-order valence-corrected chi connectivity index (χ3v) is 5.30. The fraction of sp³-hybridized carbons (Fsp3) is 0.250. The van der Waals surface area contributed by atoms with Crippen LogP contribution in [0.5, 0.6) is 5.75 Å². The number of carbonyl (C=O) groups excluding carboxylic acids is 1. The molecule has 0 aliphatic rings. The largest absolute Gasteiger partial charge is 0.463 e. The lowest BCUT2D eigenvalue weighted by molar-refractivity contribution is -0.138. The summed E-state index contributed by atoms with van der Waals surface area (Å²) in [7, 11) is 0. The first kappa shape index (κ1) is 15.7. The van der Waals surface area contributed by atoms with E-state index in [1.54, 1.807) is 19.9 Å². The molecule has 0 aromatic heterocycles. The molecule has 0 spiro atoms. The molecule has 0 saturated carbocycles. The summed E-state index contributed by atoms with van der Waals surface area (Å²) in [5.74, 6) is 0.221. The number of hydrogen-bond donors (Lipinski definition) is 0. The quantitative estimate of drug-likeness (QED) is 0.290. The normalized spacial score (nSPS) is 11.3. The minimum Gasteiger partial charge on any atom is -0.463 e. The topological polar surface area (TPSA) is 35.5 Å². The monoisotopic (exact) mass is 440 g/mol. The molecule has 18 heavy (non-hydrogen) atoms. The number of halogens is 3. The molecular formula is C12H11Br3O3. The summed E-state index contributed by atoms with van der Waals surface area (Å²) in [5, 5.41) is 0. The van der Waals surface area contributed by atoms with E-state index in [0.717, 1.165) is 13.4 Å². The molecule has 6 heteroatoms. The molecule has 0 heterocycles. The molecule has 1 aromatic carbocycles. The molecule has 0 bridgehead atoms. The zero-order chi connectivity index (χ0) is 13.7. The fourth-order valence-corrected chi connectivity index (χ4v) is 2.41. The van der Waals surface area contributed by atoms with Crippen molar-refractivity contribution in [1.29, 1.82) is 0 Å². The zero-order valence-corrected chi connectivity index (χ0v) is 14.6. The van der Waals surface area contributed by atoms with Crippen molar-refractivity contribution in [3.8, 4) is 5.75 Å². The molecule has 1 rings (SSSR count). The highest BCUT2D eigenvalue weighted by Gasteiger charge is 2.09. The molecule has 0 radical (unpaired) electrons. The number of benzene rings is 1. The predicted octanol–water partition coefficient (Wildman–Crippen LogP) is 4.82. The molecule has 0 saturated heterocycles. The summed E-state index contributed by atoms with van der Waals surface area (Å²) in [6.07, 6.45) is 1.37. The molecule has 0 unspecified atom stereocenters. The lowest BCUT2D eigenvalue weighted by atomic mass is 10.3. The summed E-state index contributed by atoms with van der Waals surface area (Å²) < 4.78 is 12.8. The van der Waals surface area contributed by atoms with Crippen molar-refractivity contribution in [3.63, 3.8) is 0 Å². The van der Waals surface area contributed by atoms with E-state index in [-0.39, 0.29) is 5.97 Å². The van der Waals surface area contributed by atoms with Crippen LogP contribution in [0.4, 0.5) is 0 Å². The molecule has 98 valence electrons. The Labute approximate surface area is 131 Å². The molecule has 0 atom stereocenters. The minimum absolute atomic E-state index is 0.345. The van der Waals surface area contributed by atoms with Gasteiger partial charge in [0.15, 0.2) is 0 Å². The molecule has 0 aliphatic carbocycles. The van der Waals surface area contributed by atoms with Crippen molar-refractivity contribution >= 4 is 53.8 Å². The fourth-order valence-electron chi connectivity index (χ4n) is 1.04. The van der Waals surface area contributed by atoms with Crippen LogP contribution in [-0.4, -0.2) is 12.6 Å². The Bertz CT molecular complexity index is 484. The third-order valence-electron chi connectivity index (χ3n) is 1.96. The summed E-state index contributed by atoms with van der Waals surface area (Å²) in [4.78, 5) is 11.4. The predicted molar refractivity (Wildman–Crippen MR) is 80.6 cm³/mol. The Kier molecular flexibility index (Phi) is 6.38. The number of rotatable bonds is 4. The van der Waals surface area contributed by atoms with Gasteiger partial charge in [0, 0.05) is 8.95 Å². The van der Waals surface area contributed by atoms with E-state index in [1.165, 1.54) is 6.26 Å². The van der Waals surface area contributed by atoms with Gasteiger partial charge in [-0.1, -0.05) is 0 Å². The van der Waals surface area contributed by atoms with E-state index in [1.807, 2.05) is 6.07 Å². The SMILES string of the molecule is CCOC(=O)/C(C)=C/Oc1ccc(Br)c(Br)c1Br. The molecule has 0 aliphatic heterocycles. The van der Waals surface area contributed by atoms with Gasteiger partial charge in [-0.3, -0.25) is 0 Å². The second-order valence-corrected chi connectivity index (χ2v) is 5.75. The van der Waals surface area contributed by atoms with Gasteiger partial charge in [0.05, 0.1) is 16.7 Å². The van der Waals surface area contributed by atoms with Crippen LogP contribution >= 0.6 is 47.8 Å². The lowest BCUT2D eigenvalue weighted by Crippen LogP contribution is -2.06. The van der Waals surface area contributed by atoms with E-state index in [9.17, 15) is 4.79 Å². The van der Waals surface area contributed by atoms with Crippen LogP contribution in [0.15, 0.2) is 37.4 Å². The summed E-state index contributed by atoms with van der Waals surface area (Å²) in [6, 6.07) is 3.63. The average molecular weight is 443 g/mol. The Morgan fingerprint density at radius 2 is 1.94 bits per heavy atom. The maximum Gasteiger partial charge on any atom is 0.336 e. The second kappa shape index (κ2) is 7.31. The third kappa shape index (κ3) is 4.10. The summed E-state index contributed by atoms with van der Waals surface area (Å²) in [5.41, 5.74) is 0.405. The van der Waals surface area contributed by atoms with Crippen LogP contribution in [0.2, 0.25) is 0 Å². The van der Waals surface area contributed by atoms with E-state index < -0.39 is 0 Å². The molecule has 1 aromatic rings. The highest BCUT2D eigenvalue weighted by Crippen LogP contribution is 2.37. The van der Waals surface area contributed by atoms with Crippen LogP contribution in [0.1, 0.15) is 13.8 Å². The second-order valence-electron chi connectivity index (χ2n) is 3.31. The van der Waals surface area contributed by atoms with Gasteiger partial charge in [-0.05, 0) is 73.8 Å².